The summed E-state index contributed by atoms with van der Waals surface area (Å²) in [6.45, 7) is 2.15. The summed E-state index contributed by atoms with van der Waals surface area (Å²) in [7, 11) is 0. The van der Waals surface area contributed by atoms with Crippen molar-refractivity contribution in [3.63, 3.8) is 0 Å². The average molecular weight is 158 g/mol. The zero-order valence-corrected chi connectivity index (χ0v) is 7.16. The summed E-state index contributed by atoms with van der Waals surface area (Å²) in [5.41, 5.74) is 0. The number of hydrogen-bond acceptors (Lipinski definition) is 2. The van der Waals surface area contributed by atoms with E-state index in [9.17, 15) is 5.11 Å². The second kappa shape index (κ2) is 4.07. The van der Waals surface area contributed by atoms with Crippen LogP contribution < -0.4 is 0 Å². The zero-order valence-electron chi connectivity index (χ0n) is 7.16. The van der Waals surface area contributed by atoms with Crippen LogP contribution in [-0.4, -0.2) is 22.9 Å². The van der Waals surface area contributed by atoms with E-state index in [2.05, 4.69) is 6.92 Å². The number of rotatable bonds is 2. The summed E-state index contributed by atoms with van der Waals surface area (Å²) in [6, 6.07) is 0. The third-order valence-electron chi connectivity index (χ3n) is 2.71. The molecule has 0 aromatic carbocycles. The standard InChI is InChI=1S/C9H18O2/c1-7-3-2-4-8(5-7)9(11)6-10/h7-11H,2-6H2,1H3. The summed E-state index contributed by atoms with van der Waals surface area (Å²) >= 11 is 0. The molecule has 0 bridgehead atoms. The van der Waals surface area contributed by atoms with Crippen LogP contribution in [0.15, 0.2) is 0 Å². The molecule has 2 N–H and O–H groups in total. The van der Waals surface area contributed by atoms with Crippen molar-refractivity contribution in [2.75, 3.05) is 6.61 Å². The molecule has 0 aliphatic heterocycles. The van der Waals surface area contributed by atoms with Crippen LogP contribution in [0.1, 0.15) is 32.6 Å². The molecule has 0 amide bonds. The first-order valence-corrected chi connectivity index (χ1v) is 4.53. The highest BCUT2D eigenvalue weighted by Gasteiger charge is 2.24. The molecule has 1 aliphatic carbocycles. The van der Waals surface area contributed by atoms with Gasteiger partial charge in [0.1, 0.15) is 0 Å². The highest BCUT2D eigenvalue weighted by atomic mass is 16.3. The molecule has 3 atom stereocenters. The molecule has 0 spiro atoms. The van der Waals surface area contributed by atoms with Crippen LogP contribution in [0.3, 0.4) is 0 Å². The van der Waals surface area contributed by atoms with Crippen molar-refractivity contribution in [2.24, 2.45) is 11.8 Å². The summed E-state index contributed by atoms with van der Waals surface area (Å²) in [5.74, 6) is 1.08. The van der Waals surface area contributed by atoms with Crippen LogP contribution >= 0.6 is 0 Å². The van der Waals surface area contributed by atoms with Gasteiger partial charge in [-0.3, -0.25) is 0 Å². The lowest BCUT2D eigenvalue weighted by Gasteiger charge is -2.29. The maximum atomic E-state index is 9.35. The molecule has 0 aromatic heterocycles. The average Bonchev–Trinajstić information content (AvgIpc) is 2.03. The fraction of sp³-hybridized carbons (Fsp3) is 1.00. The van der Waals surface area contributed by atoms with Gasteiger partial charge >= 0.3 is 0 Å². The van der Waals surface area contributed by atoms with Gasteiger partial charge < -0.3 is 10.2 Å². The molecule has 2 heteroatoms. The molecule has 0 heterocycles. The molecule has 0 aromatic rings. The van der Waals surface area contributed by atoms with Crippen LogP contribution in [0.25, 0.3) is 0 Å². The van der Waals surface area contributed by atoms with Gasteiger partial charge in [0, 0.05) is 0 Å². The summed E-state index contributed by atoms with van der Waals surface area (Å²) in [4.78, 5) is 0. The van der Waals surface area contributed by atoms with Crippen LogP contribution in [0.5, 0.6) is 0 Å². The van der Waals surface area contributed by atoms with E-state index < -0.39 is 6.10 Å². The molecule has 1 saturated carbocycles. The SMILES string of the molecule is CC1CCCC(C(O)CO)C1. The molecule has 0 saturated heterocycles. The molecule has 1 rings (SSSR count). The molecule has 66 valence electrons. The summed E-state index contributed by atoms with van der Waals surface area (Å²) in [5, 5.41) is 18.1. The molecule has 3 unspecified atom stereocenters. The van der Waals surface area contributed by atoms with Crippen molar-refractivity contribution in [3.05, 3.63) is 0 Å². The van der Waals surface area contributed by atoms with Crippen molar-refractivity contribution in [1.29, 1.82) is 0 Å². The Hall–Kier alpha value is -0.0800. The molecule has 0 radical (unpaired) electrons. The molecular formula is C9H18O2. The van der Waals surface area contributed by atoms with Crippen LogP contribution in [0.4, 0.5) is 0 Å². The highest BCUT2D eigenvalue weighted by molar-refractivity contribution is 4.75. The van der Waals surface area contributed by atoms with Crippen molar-refractivity contribution in [2.45, 2.75) is 38.7 Å². The lowest BCUT2D eigenvalue weighted by molar-refractivity contribution is 0.0243. The van der Waals surface area contributed by atoms with E-state index in [1.54, 1.807) is 0 Å². The van der Waals surface area contributed by atoms with Gasteiger partial charge in [0.25, 0.3) is 0 Å². The topological polar surface area (TPSA) is 40.5 Å². The van der Waals surface area contributed by atoms with Gasteiger partial charge in [-0.2, -0.15) is 0 Å². The fourth-order valence-corrected chi connectivity index (χ4v) is 1.98. The summed E-state index contributed by atoms with van der Waals surface area (Å²) in [6.07, 6.45) is 4.20. The first-order valence-electron chi connectivity index (χ1n) is 4.53. The van der Waals surface area contributed by atoms with Gasteiger partial charge in [-0.05, 0) is 24.7 Å². The first-order chi connectivity index (χ1) is 5.24. The lowest BCUT2D eigenvalue weighted by Crippen LogP contribution is -2.28. The van der Waals surface area contributed by atoms with Gasteiger partial charge in [-0.25, -0.2) is 0 Å². The molecular weight excluding hydrogens is 140 g/mol. The van der Waals surface area contributed by atoms with Gasteiger partial charge in [0.2, 0.25) is 0 Å². The smallest absolute Gasteiger partial charge is 0.0799 e. The highest BCUT2D eigenvalue weighted by Crippen LogP contribution is 2.30. The van der Waals surface area contributed by atoms with E-state index in [-0.39, 0.29) is 6.61 Å². The minimum Gasteiger partial charge on any atom is -0.394 e. The van der Waals surface area contributed by atoms with Gasteiger partial charge in [0.05, 0.1) is 12.7 Å². The third kappa shape index (κ3) is 2.46. The monoisotopic (exact) mass is 158 g/mol. The first kappa shape index (κ1) is 9.01. The quantitative estimate of drug-likeness (QED) is 0.633. The Morgan fingerprint density at radius 2 is 2.18 bits per heavy atom. The largest absolute Gasteiger partial charge is 0.394 e. The molecule has 1 aliphatic rings. The predicted molar refractivity (Wildman–Crippen MR) is 44.2 cm³/mol. The Bertz CT molecular complexity index is 114. The third-order valence-corrected chi connectivity index (χ3v) is 2.71. The van der Waals surface area contributed by atoms with Gasteiger partial charge in [-0.1, -0.05) is 19.8 Å². The number of hydrogen-bond donors (Lipinski definition) is 2. The van der Waals surface area contributed by atoms with E-state index in [0.717, 1.165) is 18.8 Å². The van der Waals surface area contributed by atoms with Crippen molar-refractivity contribution >= 4 is 0 Å². The molecule has 1 fully saturated rings. The fourth-order valence-electron chi connectivity index (χ4n) is 1.98. The minimum atomic E-state index is -0.474. The Labute approximate surface area is 68.2 Å². The van der Waals surface area contributed by atoms with E-state index in [4.69, 9.17) is 5.11 Å². The van der Waals surface area contributed by atoms with Crippen LogP contribution in [0.2, 0.25) is 0 Å². The van der Waals surface area contributed by atoms with E-state index in [1.165, 1.54) is 12.8 Å². The normalized spacial score (nSPS) is 35.2. The maximum Gasteiger partial charge on any atom is 0.0799 e. The molecule has 2 nitrogen and oxygen atoms in total. The second-order valence-corrected chi connectivity index (χ2v) is 3.78. The Morgan fingerprint density at radius 3 is 2.73 bits per heavy atom. The minimum absolute atomic E-state index is 0.0720. The van der Waals surface area contributed by atoms with Crippen molar-refractivity contribution in [3.8, 4) is 0 Å². The number of aliphatic hydroxyl groups is 2. The number of aliphatic hydroxyl groups excluding tert-OH is 2. The van der Waals surface area contributed by atoms with E-state index in [1.807, 2.05) is 0 Å². The Balaban J connectivity index is 2.33. The second-order valence-electron chi connectivity index (χ2n) is 3.78. The van der Waals surface area contributed by atoms with Gasteiger partial charge in [-0.15, -0.1) is 0 Å². The van der Waals surface area contributed by atoms with Crippen LogP contribution in [0, 0.1) is 11.8 Å². The summed E-state index contributed by atoms with van der Waals surface area (Å²) < 4.78 is 0. The van der Waals surface area contributed by atoms with Crippen LogP contribution in [-0.2, 0) is 0 Å². The molecule has 11 heavy (non-hydrogen) atoms. The Morgan fingerprint density at radius 1 is 1.45 bits per heavy atom. The van der Waals surface area contributed by atoms with E-state index >= 15 is 0 Å². The van der Waals surface area contributed by atoms with Gasteiger partial charge in [0.15, 0.2) is 0 Å². The lowest BCUT2D eigenvalue weighted by atomic mass is 9.80. The van der Waals surface area contributed by atoms with E-state index in [0.29, 0.717) is 5.92 Å². The Kier molecular flexibility index (Phi) is 3.34. The maximum absolute atomic E-state index is 9.35. The van der Waals surface area contributed by atoms with Crippen molar-refractivity contribution < 1.29 is 10.2 Å². The predicted octanol–water partition coefficient (Wildman–Crippen LogP) is 1.17. The zero-order chi connectivity index (χ0) is 8.27. The van der Waals surface area contributed by atoms with Crippen molar-refractivity contribution in [1.82, 2.24) is 0 Å².